The predicted molar refractivity (Wildman–Crippen MR) is 149 cm³/mol. The van der Waals surface area contributed by atoms with Gasteiger partial charge in [0.05, 0.1) is 0 Å². The molecule has 35 heavy (non-hydrogen) atoms. The van der Waals surface area contributed by atoms with Crippen molar-refractivity contribution in [2.75, 3.05) is 4.90 Å². The molecular weight excluding hydrogens is 449 g/mol. The molecule has 6 aromatic rings. The van der Waals surface area contributed by atoms with Gasteiger partial charge in [0.2, 0.25) is 0 Å². The number of hydrogen-bond acceptors (Lipinski definition) is 4. The van der Waals surface area contributed by atoms with E-state index in [9.17, 15) is 10.0 Å². The molecule has 0 spiro atoms. The minimum absolute atomic E-state index is 0.466. The topological polar surface area (TPSA) is 43.7 Å². The van der Waals surface area contributed by atoms with E-state index in [1.54, 1.807) is 12.1 Å². The normalized spacial score (nSPS) is 11.1. The SMILES string of the molecule is OB(O)c1ccc(N(c2ccccc2)c2ccc(-c3cccc4c3sc3ccccc34)cc2)cc1. The summed E-state index contributed by atoms with van der Waals surface area (Å²) in [5.74, 6) is 0. The van der Waals surface area contributed by atoms with Crippen LogP contribution in [0.3, 0.4) is 0 Å². The molecular formula is C30H22BNO2S. The summed E-state index contributed by atoms with van der Waals surface area (Å²) in [5, 5.41) is 21.6. The lowest BCUT2D eigenvalue weighted by Gasteiger charge is -2.26. The molecule has 0 aliphatic rings. The Balaban J connectivity index is 1.43. The van der Waals surface area contributed by atoms with Crippen LogP contribution in [-0.4, -0.2) is 17.2 Å². The van der Waals surface area contributed by atoms with E-state index in [-0.39, 0.29) is 0 Å². The van der Waals surface area contributed by atoms with Gasteiger partial charge in [-0.15, -0.1) is 11.3 Å². The Hall–Kier alpha value is -3.90. The molecule has 0 amide bonds. The van der Waals surface area contributed by atoms with Gasteiger partial charge in [0.25, 0.3) is 0 Å². The van der Waals surface area contributed by atoms with Crippen LogP contribution in [0.25, 0.3) is 31.3 Å². The van der Waals surface area contributed by atoms with Gasteiger partial charge in [0.1, 0.15) is 0 Å². The molecule has 0 saturated carbocycles. The molecule has 1 heterocycles. The van der Waals surface area contributed by atoms with E-state index in [4.69, 9.17) is 0 Å². The molecule has 0 unspecified atom stereocenters. The average molecular weight is 471 g/mol. The monoisotopic (exact) mass is 471 g/mol. The van der Waals surface area contributed by atoms with Crippen molar-refractivity contribution in [1.82, 2.24) is 0 Å². The maximum atomic E-state index is 9.49. The highest BCUT2D eigenvalue weighted by Gasteiger charge is 2.16. The molecule has 2 N–H and O–H groups in total. The average Bonchev–Trinajstić information content (AvgIpc) is 3.29. The van der Waals surface area contributed by atoms with Gasteiger partial charge in [-0.25, -0.2) is 0 Å². The number of thiophene rings is 1. The lowest BCUT2D eigenvalue weighted by atomic mass is 9.80. The van der Waals surface area contributed by atoms with Gasteiger partial charge < -0.3 is 14.9 Å². The Morgan fingerprint density at radius 2 is 1.14 bits per heavy atom. The number of hydrogen-bond donors (Lipinski definition) is 2. The van der Waals surface area contributed by atoms with Crippen molar-refractivity contribution in [3.8, 4) is 11.1 Å². The van der Waals surface area contributed by atoms with Crippen molar-refractivity contribution in [2.24, 2.45) is 0 Å². The Bertz CT molecular complexity index is 1610. The number of para-hydroxylation sites is 1. The van der Waals surface area contributed by atoms with Crippen LogP contribution in [0, 0.1) is 0 Å². The zero-order valence-corrected chi connectivity index (χ0v) is 19.7. The van der Waals surface area contributed by atoms with E-state index < -0.39 is 7.12 Å². The van der Waals surface area contributed by atoms with Crippen LogP contribution in [-0.2, 0) is 0 Å². The van der Waals surface area contributed by atoms with E-state index in [1.807, 2.05) is 41.7 Å². The second-order valence-electron chi connectivity index (χ2n) is 8.46. The minimum atomic E-state index is -1.48. The lowest BCUT2D eigenvalue weighted by molar-refractivity contribution is 0.426. The van der Waals surface area contributed by atoms with Crippen LogP contribution in [0.5, 0.6) is 0 Å². The van der Waals surface area contributed by atoms with Gasteiger partial charge >= 0.3 is 7.12 Å². The molecule has 0 atom stereocenters. The Kier molecular flexibility index (Phi) is 5.59. The van der Waals surface area contributed by atoms with Crippen molar-refractivity contribution in [1.29, 1.82) is 0 Å². The van der Waals surface area contributed by atoms with Crippen LogP contribution in [0.15, 0.2) is 121 Å². The van der Waals surface area contributed by atoms with E-state index in [0.29, 0.717) is 5.46 Å². The number of anilines is 3. The van der Waals surface area contributed by atoms with Crippen molar-refractivity contribution >= 4 is 61.2 Å². The van der Waals surface area contributed by atoms with Crippen molar-refractivity contribution in [2.45, 2.75) is 0 Å². The summed E-state index contributed by atoms with van der Waals surface area (Å²) in [6, 6.07) is 41.2. The lowest BCUT2D eigenvalue weighted by Crippen LogP contribution is -2.29. The highest BCUT2D eigenvalue weighted by Crippen LogP contribution is 2.41. The Morgan fingerprint density at radius 1 is 0.543 bits per heavy atom. The molecule has 6 rings (SSSR count). The summed E-state index contributed by atoms with van der Waals surface area (Å²) in [4.78, 5) is 2.16. The quantitative estimate of drug-likeness (QED) is 0.270. The Morgan fingerprint density at radius 3 is 1.86 bits per heavy atom. The molecule has 0 radical (unpaired) electrons. The Labute approximate surface area is 208 Å². The third-order valence-electron chi connectivity index (χ3n) is 6.30. The standard InChI is InChI=1S/C30H22BNO2S/c33-31(34)22-15-19-25(20-16-22)32(23-7-2-1-3-8-23)24-17-13-21(14-18-24)26-10-6-11-28-27-9-4-5-12-29(27)35-30(26)28/h1-20,33-34H. The second-order valence-corrected chi connectivity index (χ2v) is 9.52. The minimum Gasteiger partial charge on any atom is -0.423 e. The number of fused-ring (bicyclic) bond motifs is 3. The third-order valence-corrected chi connectivity index (χ3v) is 7.52. The predicted octanol–water partition coefficient (Wildman–Crippen LogP) is 6.87. The number of nitrogens with zero attached hydrogens (tertiary/aromatic N) is 1. The van der Waals surface area contributed by atoms with Crippen LogP contribution >= 0.6 is 11.3 Å². The summed E-state index contributed by atoms with van der Waals surface area (Å²) in [7, 11) is -1.48. The molecule has 168 valence electrons. The van der Waals surface area contributed by atoms with Gasteiger partial charge in [-0.05, 0) is 59.1 Å². The summed E-state index contributed by atoms with van der Waals surface area (Å²) in [5.41, 5.74) is 5.89. The second kappa shape index (κ2) is 9.04. The molecule has 0 bridgehead atoms. The maximum absolute atomic E-state index is 9.49. The molecule has 3 nitrogen and oxygen atoms in total. The molecule has 0 aliphatic carbocycles. The van der Waals surface area contributed by atoms with Gasteiger partial charge in [-0.1, -0.05) is 78.9 Å². The molecule has 0 saturated heterocycles. The highest BCUT2D eigenvalue weighted by molar-refractivity contribution is 7.26. The van der Waals surface area contributed by atoms with E-state index in [1.165, 1.54) is 31.3 Å². The number of benzene rings is 5. The summed E-state index contributed by atoms with van der Waals surface area (Å²) >= 11 is 1.84. The van der Waals surface area contributed by atoms with Gasteiger partial charge in [-0.2, -0.15) is 0 Å². The fourth-order valence-corrected chi connectivity index (χ4v) is 5.82. The molecule has 5 aromatic carbocycles. The number of rotatable bonds is 5. The van der Waals surface area contributed by atoms with E-state index in [0.717, 1.165) is 17.1 Å². The first kappa shape index (κ1) is 21.6. The fraction of sp³-hybridized carbons (Fsp3) is 0. The van der Waals surface area contributed by atoms with E-state index in [2.05, 4.69) is 83.8 Å². The molecule has 1 aromatic heterocycles. The van der Waals surface area contributed by atoms with Crippen molar-refractivity contribution in [3.63, 3.8) is 0 Å². The third kappa shape index (κ3) is 4.00. The molecule has 0 aliphatic heterocycles. The fourth-order valence-electron chi connectivity index (χ4n) is 4.58. The summed E-state index contributed by atoms with van der Waals surface area (Å²) in [6.07, 6.45) is 0. The largest absolute Gasteiger partial charge is 0.488 e. The van der Waals surface area contributed by atoms with Gasteiger partial charge in [0.15, 0.2) is 0 Å². The van der Waals surface area contributed by atoms with Crippen LogP contribution < -0.4 is 10.4 Å². The maximum Gasteiger partial charge on any atom is 0.488 e. The summed E-state index contributed by atoms with van der Waals surface area (Å²) in [6.45, 7) is 0. The van der Waals surface area contributed by atoms with Crippen LogP contribution in [0.4, 0.5) is 17.1 Å². The highest BCUT2D eigenvalue weighted by atomic mass is 32.1. The van der Waals surface area contributed by atoms with Crippen molar-refractivity contribution < 1.29 is 10.0 Å². The van der Waals surface area contributed by atoms with Crippen LogP contribution in [0.1, 0.15) is 0 Å². The first-order chi connectivity index (χ1) is 17.2. The first-order valence-corrected chi connectivity index (χ1v) is 12.3. The molecule has 0 fully saturated rings. The first-order valence-electron chi connectivity index (χ1n) is 11.5. The zero-order chi connectivity index (χ0) is 23.8. The van der Waals surface area contributed by atoms with Crippen LogP contribution in [0.2, 0.25) is 0 Å². The summed E-state index contributed by atoms with van der Waals surface area (Å²) < 4.78 is 2.61. The smallest absolute Gasteiger partial charge is 0.423 e. The molecule has 5 heteroatoms. The van der Waals surface area contributed by atoms with Gasteiger partial charge in [-0.3, -0.25) is 0 Å². The van der Waals surface area contributed by atoms with Crippen molar-refractivity contribution in [3.05, 3.63) is 121 Å². The van der Waals surface area contributed by atoms with Gasteiger partial charge in [0, 0.05) is 37.2 Å². The van der Waals surface area contributed by atoms with E-state index >= 15 is 0 Å². The zero-order valence-electron chi connectivity index (χ0n) is 18.9.